The highest BCUT2D eigenvalue weighted by Gasteiger charge is 2.26. The van der Waals surface area contributed by atoms with Crippen LogP contribution in [0.25, 0.3) is 0 Å². The Kier molecular flexibility index (Phi) is 5.28. The Labute approximate surface area is 137 Å². The van der Waals surface area contributed by atoms with Crippen LogP contribution in [-0.4, -0.2) is 54.3 Å². The molecule has 2 amide bonds. The van der Waals surface area contributed by atoms with E-state index in [1.807, 2.05) is 23.1 Å². The average Bonchev–Trinajstić information content (AvgIpc) is 2.87. The summed E-state index contributed by atoms with van der Waals surface area (Å²) in [5.41, 5.74) is 1.20. The molecule has 0 bridgehead atoms. The number of hydrogen-bond donors (Lipinski definition) is 1. The van der Waals surface area contributed by atoms with Crippen LogP contribution in [0.4, 0.5) is 0 Å². The second-order valence-electron chi connectivity index (χ2n) is 6.35. The Balaban J connectivity index is 1.62. The molecule has 5 heteroatoms. The van der Waals surface area contributed by atoms with E-state index in [1.54, 1.807) is 0 Å². The van der Waals surface area contributed by atoms with Crippen LogP contribution in [0.15, 0.2) is 30.3 Å². The molecule has 0 aliphatic carbocycles. The first-order valence-electron chi connectivity index (χ1n) is 8.57. The molecule has 3 rings (SSSR count). The molecule has 23 heavy (non-hydrogen) atoms. The Bertz CT molecular complexity index is 546. The van der Waals surface area contributed by atoms with Crippen molar-refractivity contribution in [2.45, 2.75) is 31.7 Å². The van der Waals surface area contributed by atoms with Crippen LogP contribution in [-0.2, 0) is 9.59 Å². The zero-order valence-electron chi connectivity index (χ0n) is 13.5. The van der Waals surface area contributed by atoms with Crippen molar-refractivity contribution in [3.05, 3.63) is 35.9 Å². The normalized spacial score (nSPS) is 23.0. The molecule has 1 unspecified atom stereocenters. The first-order valence-corrected chi connectivity index (χ1v) is 8.57. The maximum atomic E-state index is 11.9. The number of carbonyl (C=O) groups excluding carboxylic acids is 2. The largest absolute Gasteiger partial charge is 0.355 e. The van der Waals surface area contributed by atoms with Gasteiger partial charge in [-0.1, -0.05) is 30.3 Å². The van der Waals surface area contributed by atoms with E-state index >= 15 is 0 Å². The molecule has 124 valence electrons. The number of likely N-dealkylation sites (tertiary alicyclic amines) is 1. The Morgan fingerprint density at radius 1 is 1.09 bits per heavy atom. The molecule has 0 radical (unpaired) electrons. The molecule has 2 aliphatic heterocycles. The van der Waals surface area contributed by atoms with Gasteiger partial charge in [0.1, 0.15) is 0 Å². The SMILES string of the molecule is O=C1CC(c2ccccc2)N(CCCN2CCCC2=O)CCN1. The monoisotopic (exact) mass is 315 g/mol. The Morgan fingerprint density at radius 3 is 2.65 bits per heavy atom. The van der Waals surface area contributed by atoms with Gasteiger partial charge in [0.05, 0.1) is 0 Å². The molecule has 0 aromatic heterocycles. The molecule has 0 spiro atoms. The van der Waals surface area contributed by atoms with Crippen molar-refractivity contribution in [2.75, 3.05) is 32.7 Å². The Hall–Kier alpha value is -1.88. The molecule has 5 nitrogen and oxygen atoms in total. The summed E-state index contributed by atoms with van der Waals surface area (Å²) in [5.74, 6) is 0.411. The first kappa shape index (κ1) is 16.0. The number of carbonyl (C=O) groups is 2. The van der Waals surface area contributed by atoms with E-state index in [9.17, 15) is 9.59 Å². The molecular weight excluding hydrogens is 290 g/mol. The van der Waals surface area contributed by atoms with Crippen molar-refractivity contribution in [2.24, 2.45) is 0 Å². The minimum Gasteiger partial charge on any atom is -0.355 e. The van der Waals surface area contributed by atoms with E-state index in [4.69, 9.17) is 0 Å². The quantitative estimate of drug-likeness (QED) is 0.897. The summed E-state index contributed by atoms with van der Waals surface area (Å²) in [5, 5.41) is 2.97. The minimum absolute atomic E-state index is 0.121. The number of nitrogens with one attached hydrogen (secondary N) is 1. The zero-order valence-corrected chi connectivity index (χ0v) is 13.5. The van der Waals surface area contributed by atoms with Gasteiger partial charge in [-0.3, -0.25) is 14.5 Å². The summed E-state index contributed by atoms with van der Waals surface area (Å²) < 4.78 is 0. The summed E-state index contributed by atoms with van der Waals surface area (Å²) in [6, 6.07) is 10.4. The van der Waals surface area contributed by atoms with Crippen molar-refractivity contribution >= 4 is 11.8 Å². The standard InChI is InChI=1S/C18H25N3O2/c22-17-14-16(15-6-2-1-3-7-15)20(13-9-19-17)11-5-12-21-10-4-8-18(21)23/h1-3,6-7,16H,4-5,8-14H2,(H,19,22). The summed E-state index contributed by atoms with van der Waals surface area (Å²) in [6.07, 6.45) is 3.16. The molecule has 1 aromatic carbocycles. The second-order valence-corrected chi connectivity index (χ2v) is 6.35. The maximum absolute atomic E-state index is 11.9. The molecule has 0 saturated carbocycles. The fourth-order valence-corrected chi connectivity index (χ4v) is 3.55. The van der Waals surface area contributed by atoms with E-state index in [-0.39, 0.29) is 17.9 Å². The van der Waals surface area contributed by atoms with E-state index in [2.05, 4.69) is 22.3 Å². The molecule has 2 saturated heterocycles. The van der Waals surface area contributed by atoms with Crippen LogP contribution in [0.1, 0.15) is 37.3 Å². The van der Waals surface area contributed by atoms with Crippen LogP contribution < -0.4 is 5.32 Å². The summed E-state index contributed by atoms with van der Waals surface area (Å²) in [4.78, 5) is 28.0. The van der Waals surface area contributed by atoms with Gasteiger partial charge < -0.3 is 10.2 Å². The van der Waals surface area contributed by atoms with Crippen LogP contribution >= 0.6 is 0 Å². The van der Waals surface area contributed by atoms with Crippen molar-refractivity contribution in [3.63, 3.8) is 0 Å². The third-order valence-electron chi connectivity index (χ3n) is 4.77. The van der Waals surface area contributed by atoms with Crippen LogP contribution in [0.3, 0.4) is 0 Å². The lowest BCUT2D eigenvalue weighted by molar-refractivity contribution is -0.127. The molecule has 2 aliphatic rings. The summed E-state index contributed by atoms with van der Waals surface area (Å²) in [6.45, 7) is 4.21. The smallest absolute Gasteiger partial charge is 0.222 e. The third kappa shape index (κ3) is 4.10. The molecule has 2 fully saturated rings. The van der Waals surface area contributed by atoms with Gasteiger partial charge in [0, 0.05) is 51.6 Å². The van der Waals surface area contributed by atoms with Gasteiger partial charge in [-0.05, 0) is 18.4 Å². The topological polar surface area (TPSA) is 52.7 Å². The fourth-order valence-electron chi connectivity index (χ4n) is 3.55. The van der Waals surface area contributed by atoms with Crippen molar-refractivity contribution in [1.29, 1.82) is 0 Å². The third-order valence-corrected chi connectivity index (χ3v) is 4.77. The number of benzene rings is 1. The molecule has 1 aromatic rings. The Morgan fingerprint density at radius 2 is 1.91 bits per heavy atom. The highest BCUT2D eigenvalue weighted by molar-refractivity contribution is 5.78. The van der Waals surface area contributed by atoms with Gasteiger partial charge in [0.2, 0.25) is 11.8 Å². The highest BCUT2D eigenvalue weighted by Crippen LogP contribution is 2.25. The zero-order chi connectivity index (χ0) is 16.1. The van der Waals surface area contributed by atoms with Crippen LogP contribution in [0.5, 0.6) is 0 Å². The summed E-state index contributed by atoms with van der Waals surface area (Å²) in [7, 11) is 0. The van der Waals surface area contributed by atoms with Crippen LogP contribution in [0.2, 0.25) is 0 Å². The minimum atomic E-state index is 0.121. The van der Waals surface area contributed by atoms with Gasteiger partial charge in [0.25, 0.3) is 0 Å². The van der Waals surface area contributed by atoms with Gasteiger partial charge in [0.15, 0.2) is 0 Å². The van der Waals surface area contributed by atoms with E-state index < -0.39 is 0 Å². The van der Waals surface area contributed by atoms with Crippen molar-refractivity contribution < 1.29 is 9.59 Å². The lowest BCUT2D eigenvalue weighted by Crippen LogP contribution is -2.34. The van der Waals surface area contributed by atoms with Gasteiger partial charge >= 0.3 is 0 Å². The van der Waals surface area contributed by atoms with Crippen molar-refractivity contribution in [1.82, 2.24) is 15.1 Å². The number of amides is 2. The maximum Gasteiger partial charge on any atom is 0.222 e. The van der Waals surface area contributed by atoms with Crippen molar-refractivity contribution in [3.8, 4) is 0 Å². The molecular formula is C18H25N3O2. The lowest BCUT2D eigenvalue weighted by atomic mass is 10.0. The number of rotatable bonds is 5. The predicted octanol–water partition coefficient (Wildman–Crippen LogP) is 1.56. The van der Waals surface area contributed by atoms with E-state index in [0.717, 1.165) is 39.0 Å². The van der Waals surface area contributed by atoms with Gasteiger partial charge in [-0.2, -0.15) is 0 Å². The number of nitrogens with zero attached hydrogens (tertiary/aromatic N) is 2. The fraction of sp³-hybridized carbons (Fsp3) is 0.556. The lowest BCUT2D eigenvalue weighted by Gasteiger charge is -2.30. The molecule has 1 atom stereocenters. The van der Waals surface area contributed by atoms with Gasteiger partial charge in [-0.15, -0.1) is 0 Å². The highest BCUT2D eigenvalue weighted by atomic mass is 16.2. The summed E-state index contributed by atoms with van der Waals surface area (Å²) >= 11 is 0. The molecule has 2 heterocycles. The van der Waals surface area contributed by atoms with E-state index in [0.29, 0.717) is 19.4 Å². The van der Waals surface area contributed by atoms with Crippen LogP contribution in [0, 0.1) is 0 Å². The van der Waals surface area contributed by atoms with Gasteiger partial charge in [-0.25, -0.2) is 0 Å². The number of hydrogen-bond acceptors (Lipinski definition) is 3. The second kappa shape index (κ2) is 7.59. The molecule has 1 N–H and O–H groups in total. The predicted molar refractivity (Wildman–Crippen MR) is 88.8 cm³/mol. The average molecular weight is 315 g/mol. The van der Waals surface area contributed by atoms with E-state index in [1.165, 1.54) is 5.56 Å². The first-order chi connectivity index (χ1) is 11.2.